The van der Waals surface area contributed by atoms with Crippen LogP contribution in [-0.2, 0) is 4.79 Å². The Morgan fingerprint density at radius 2 is 2.35 bits per heavy atom. The van der Waals surface area contributed by atoms with Crippen LogP contribution >= 0.6 is 0 Å². The molecule has 0 heterocycles. The van der Waals surface area contributed by atoms with Crippen molar-refractivity contribution in [1.29, 1.82) is 0 Å². The first-order valence-electron chi connectivity index (χ1n) is 5.72. The van der Waals surface area contributed by atoms with Gasteiger partial charge in [0.2, 0.25) is 6.08 Å². The highest BCUT2D eigenvalue weighted by Gasteiger charge is 2.22. The molecular weight excluding hydrogens is 214 g/mol. The van der Waals surface area contributed by atoms with Gasteiger partial charge in [0.1, 0.15) is 5.75 Å². The number of hydrogen-bond acceptors (Lipinski definition) is 3. The van der Waals surface area contributed by atoms with E-state index < -0.39 is 0 Å². The molecule has 0 spiro atoms. The van der Waals surface area contributed by atoms with E-state index in [2.05, 4.69) is 17.1 Å². The Balaban J connectivity index is 2.32. The van der Waals surface area contributed by atoms with E-state index in [9.17, 15) is 4.79 Å². The van der Waals surface area contributed by atoms with Crippen molar-refractivity contribution in [3.63, 3.8) is 0 Å². The summed E-state index contributed by atoms with van der Waals surface area (Å²) in [6.45, 7) is 0. The lowest BCUT2D eigenvalue weighted by Crippen LogP contribution is -2.17. The minimum atomic E-state index is 0.00426. The van der Waals surface area contributed by atoms with Crippen molar-refractivity contribution in [2.45, 2.75) is 24.8 Å². The molecule has 17 heavy (non-hydrogen) atoms. The summed E-state index contributed by atoms with van der Waals surface area (Å²) in [4.78, 5) is 14.3. The highest BCUT2D eigenvalue weighted by molar-refractivity contribution is 5.38. The van der Waals surface area contributed by atoms with Crippen molar-refractivity contribution in [3.05, 3.63) is 42.0 Å². The van der Waals surface area contributed by atoms with Crippen LogP contribution in [0.4, 0.5) is 0 Å². The van der Waals surface area contributed by atoms with E-state index in [1.54, 1.807) is 13.2 Å². The maximum Gasteiger partial charge on any atom is 0.235 e. The van der Waals surface area contributed by atoms with E-state index >= 15 is 0 Å². The molecule has 2 atom stereocenters. The standard InChI is InChI=1S/C14H15NO2/c1-17-12-6-4-5-11(9-12)13-7-2-3-8-14(13)15-10-16/h2,4-7,9,13-14H,3,8H2,1H3/t13-,14+/m1/s1. The van der Waals surface area contributed by atoms with Crippen molar-refractivity contribution in [2.75, 3.05) is 7.11 Å². The number of allylic oxidation sites excluding steroid dienone is 1. The second kappa shape index (κ2) is 5.46. The SMILES string of the molecule is COc1cccc([C@H]2C=CCC[C@@H]2N=C=O)c1. The Hall–Kier alpha value is -1.86. The topological polar surface area (TPSA) is 38.7 Å². The lowest BCUT2D eigenvalue weighted by atomic mass is 9.85. The van der Waals surface area contributed by atoms with E-state index in [4.69, 9.17) is 4.74 Å². The van der Waals surface area contributed by atoms with Gasteiger partial charge >= 0.3 is 0 Å². The maximum atomic E-state index is 10.4. The summed E-state index contributed by atoms with van der Waals surface area (Å²) in [6, 6.07) is 7.90. The van der Waals surface area contributed by atoms with Gasteiger partial charge in [-0.2, -0.15) is 0 Å². The molecule has 1 aliphatic rings. The molecule has 88 valence electrons. The summed E-state index contributed by atoms with van der Waals surface area (Å²) in [7, 11) is 1.65. The average molecular weight is 229 g/mol. The molecule has 0 bridgehead atoms. The molecule has 3 nitrogen and oxygen atoms in total. The quantitative estimate of drug-likeness (QED) is 0.454. The Bertz CT molecular complexity index is 461. The first-order chi connectivity index (χ1) is 8.35. The van der Waals surface area contributed by atoms with E-state index in [1.165, 1.54) is 0 Å². The van der Waals surface area contributed by atoms with Gasteiger partial charge in [-0.15, -0.1) is 0 Å². The van der Waals surface area contributed by atoms with Crippen molar-refractivity contribution in [2.24, 2.45) is 4.99 Å². The molecule has 2 rings (SSSR count). The highest BCUT2D eigenvalue weighted by atomic mass is 16.5. The van der Waals surface area contributed by atoms with Gasteiger partial charge in [-0.05, 0) is 30.5 Å². The predicted octanol–water partition coefficient (Wildman–Crippen LogP) is 2.83. The fourth-order valence-electron chi connectivity index (χ4n) is 2.21. The smallest absolute Gasteiger partial charge is 0.235 e. The Morgan fingerprint density at radius 1 is 1.47 bits per heavy atom. The third kappa shape index (κ3) is 2.63. The molecule has 0 aromatic heterocycles. The molecule has 0 fully saturated rings. The van der Waals surface area contributed by atoms with Gasteiger partial charge in [0.05, 0.1) is 13.2 Å². The van der Waals surface area contributed by atoms with Crippen LogP contribution < -0.4 is 4.74 Å². The van der Waals surface area contributed by atoms with Crippen LogP contribution in [0.5, 0.6) is 5.75 Å². The van der Waals surface area contributed by atoms with Gasteiger partial charge in [0.25, 0.3) is 0 Å². The zero-order valence-corrected chi connectivity index (χ0v) is 9.80. The maximum absolute atomic E-state index is 10.4. The minimum Gasteiger partial charge on any atom is -0.497 e. The predicted molar refractivity (Wildman–Crippen MR) is 66.0 cm³/mol. The third-order valence-corrected chi connectivity index (χ3v) is 3.08. The fraction of sp³-hybridized carbons (Fsp3) is 0.357. The largest absolute Gasteiger partial charge is 0.497 e. The van der Waals surface area contributed by atoms with Crippen molar-refractivity contribution < 1.29 is 9.53 Å². The average Bonchev–Trinajstić information content (AvgIpc) is 2.40. The van der Waals surface area contributed by atoms with Crippen LogP contribution in [0.1, 0.15) is 24.3 Å². The first-order valence-corrected chi connectivity index (χ1v) is 5.72. The van der Waals surface area contributed by atoms with Crippen LogP contribution in [0, 0.1) is 0 Å². The van der Waals surface area contributed by atoms with Gasteiger partial charge in [-0.3, -0.25) is 0 Å². The van der Waals surface area contributed by atoms with Crippen LogP contribution in [0.3, 0.4) is 0 Å². The number of rotatable bonds is 3. The van der Waals surface area contributed by atoms with Gasteiger partial charge in [0, 0.05) is 5.92 Å². The lowest BCUT2D eigenvalue weighted by Gasteiger charge is -2.23. The Labute approximate surface area is 101 Å². The van der Waals surface area contributed by atoms with E-state index in [-0.39, 0.29) is 12.0 Å². The molecule has 0 saturated heterocycles. The second-order valence-corrected chi connectivity index (χ2v) is 4.10. The summed E-state index contributed by atoms with van der Waals surface area (Å²) >= 11 is 0. The second-order valence-electron chi connectivity index (χ2n) is 4.10. The highest BCUT2D eigenvalue weighted by Crippen LogP contribution is 2.31. The zero-order valence-electron chi connectivity index (χ0n) is 9.80. The Kier molecular flexibility index (Phi) is 3.73. The van der Waals surface area contributed by atoms with Crippen LogP contribution in [0.15, 0.2) is 41.4 Å². The summed E-state index contributed by atoms with van der Waals surface area (Å²) < 4.78 is 5.21. The van der Waals surface area contributed by atoms with Crippen LogP contribution in [-0.4, -0.2) is 19.2 Å². The molecule has 0 radical (unpaired) electrons. The number of carbonyl (C=O) groups excluding carboxylic acids is 1. The van der Waals surface area contributed by atoms with Crippen molar-refractivity contribution in [1.82, 2.24) is 0 Å². The monoisotopic (exact) mass is 229 g/mol. The molecular formula is C14H15NO2. The molecule has 0 unspecified atom stereocenters. The van der Waals surface area contributed by atoms with E-state index in [0.717, 1.165) is 24.2 Å². The molecule has 0 aliphatic heterocycles. The molecule has 3 heteroatoms. The lowest BCUT2D eigenvalue weighted by molar-refractivity contribution is 0.413. The van der Waals surface area contributed by atoms with Crippen molar-refractivity contribution >= 4 is 6.08 Å². The minimum absolute atomic E-state index is 0.00426. The van der Waals surface area contributed by atoms with Crippen LogP contribution in [0.25, 0.3) is 0 Å². The molecule has 0 amide bonds. The zero-order chi connectivity index (χ0) is 12.1. The number of benzene rings is 1. The molecule has 0 N–H and O–H groups in total. The van der Waals surface area contributed by atoms with Gasteiger partial charge in [-0.25, -0.2) is 9.79 Å². The molecule has 1 aromatic rings. The fourth-order valence-corrected chi connectivity index (χ4v) is 2.21. The first kappa shape index (κ1) is 11.6. The number of isocyanates is 1. The number of aliphatic imine (C=N–C) groups is 1. The van der Waals surface area contributed by atoms with Gasteiger partial charge < -0.3 is 4.74 Å². The van der Waals surface area contributed by atoms with E-state index in [0.29, 0.717) is 0 Å². The number of hydrogen-bond donors (Lipinski definition) is 0. The number of ether oxygens (including phenoxy) is 1. The Morgan fingerprint density at radius 3 is 3.12 bits per heavy atom. The number of methoxy groups -OCH3 is 1. The van der Waals surface area contributed by atoms with Gasteiger partial charge in [-0.1, -0.05) is 24.3 Å². The number of nitrogens with zero attached hydrogens (tertiary/aromatic N) is 1. The van der Waals surface area contributed by atoms with Crippen LogP contribution in [0.2, 0.25) is 0 Å². The summed E-state index contributed by atoms with van der Waals surface area (Å²) in [5, 5.41) is 0. The molecule has 0 saturated carbocycles. The summed E-state index contributed by atoms with van der Waals surface area (Å²) in [5.74, 6) is 0.982. The van der Waals surface area contributed by atoms with Gasteiger partial charge in [0.15, 0.2) is 0 Å². The summed E-state index contributed by atoms with van der Waals surface area (Å²) in [6.07, 6.45) is 7.80. The molecule has 1 aliphatic carbocycles. The van der Waals surface area contributed by atoms with Crippen molar-refractivity contribution in [3.8, 4) is 5.75 Å². The normalized spacial score (nSPS) is 22.9. The third-order valence-electron chi connectivity index (χ3n) is 3.08. The van der Waals surface area contributed by atoms with E-state index in [1.807, 2.05) is 24.3 Å². The summed E-state index contributed by atoms with van der Waals surface area (Å²) in [5.41, 5.74) is 1.13. The molecule has 1 aromatic carbocycles.